The number of carbonyl (C=O) groups is 3. The summed E-state index contributed by atoms with van der Waals surface area (Å²) in [4.78, 5) is 46.2. The number of hydrogen-bond acceptors (Lipinski definition) is 6. The van der Waals surface area contributed by atoms with E-state index in [1.807, 2.05) is 48.2 Å². The Bertz CT molecular complexity index is 2070. The number of nitrogens with one attached hydrogen (secondary N) is 1. The molecule has 9 nitrogen and oxygen atoms in total. The van der Waals surface area contributed by atoms with Gasteiger partial charge in [-0.05, 0) is 84.5 Å². The van der Waals surface area contributed by atoms with Crippen molar-refractivity contribution >= 4 is 45.9 Å². The van der Waals surface area contributed by atoms with E-state index in [0.29, 0.717) is 60.1 Å². The second-order valence-corrected chi connectivity index (χ2v) is 14.9. The Labute approximate surface area is 316 Å². The lowest BCUT2D eigenvalue weighted by molar-refractivity contribution is -0.115. The maximum Gasteiger partial charge on any atom is 0.274 e. The molecule has 53 heavy (non-hydrogen) atoms. The number of carbonyl (C=O) groups excluding carboxylic acids is 3. The molecule has 3 amide bonds. The van der Waals surface area contributed by atoms with Crippen LogP contribution in [0.3, 0.4) is 0 Å². The first-order valence-electron chi connectivity index (χ1n) is 18.7. The molecule has 1 atom stereocenters. The number of aromatic nitrogens is 2. The van der Waals surface area contributed by atoms with Crippen LogP contribution in [-0.4, -0.2) is 73.9 Å². The van der Waals surface area contributed by atoms with E-state index < -0.39 is 6.04 Å². The van der Waals surface area contributed by atoms with Crippen LogP contribution in [0.15, 0.2) is 95.9 Å². The molecule has 0 fully saturated rings. The quantitative estimate of drug-likeness (QED) is 0.106. The van der Waals surface area contributed by atoms with Gasteiger partial charge >= 0.3 is 0 Å². The van der Waals surface area contributed by atoms with Crippen molar-refractivity contribution in [3.8, 4) is 5.69 Å². The summed E-state index contributed by atoms with van der Waals surface area (Å²) in [6.45, 7) is 7.58. The minimum absolute atomic E-state index is 0.125. The molecule has 2 heterocycles. The van der Waals surface area contributed by atoms with E-state index >= 15 is 0 Å². The minimum atomic E-state index is -0.419. The van der Waals surface area contributed by atoms with Crippen molar-refractivity contribution in [2.75, 3.05) is 30.8 Å². The van der Waals surface area contributed by atoms with E-state index in [-0.39, 0.29) is 30.7 Å². The van der Waals surface area contributed by atoms with Crippen LogP contribution in [0.25, 0.3) is 16.5 Å². The van der Waals surface area contributed by atoms with Crippen LogP contribution in [0.2, 0.25) is 0 Å². The molecule has 0 aliphatic carbocycles. The van der Waals surface area contributed by atoms with Crippen molar-refractivity contribution in [2.45, 2.75) is 76.8 Å². The Morgan fingerprint density at radius 2 is 1.60 bits per heavy atom. The number of unbranched alkanes of at least 4 members (excludes halogenated alkanes) is 2. The first kappa shape index (κ1) is 37.8. The van der Waals surface area contributed by atoms with E-state index in [9.17, 15) is 19.5 Å². The number of hydrogen-bond donors (Lipinski definition) is 2. The number of aliphatic hydroxyl groups is 1. The molecule has 5 aromatic rings. The van der Waals surface area contributed by atoms with Gasteiger partial charge in [-0.3, -0.25) is 14.4 Å². The average Bonchev–Trinajstić information content (AvgIpc) is 3.57. The molecule has 6 rings (SSSR count). The second-order valence-electron chi connectivity index (χ2n) is 13.7. The molecule has 276 valence electrons. The number of anilines is 1. The Kier molecular flexibility index (Phi) is 12.6. The highest BCUT2D eigenvalue weighted by atomic mass is 32.2. The fourth-order valence-electron chi connectivity index (χ4n) is 6.85. The van der Waals surface area contributed by atoms with Gasteiger partial charge in [0.15, 0.2) is 5.69 Å². The van der Waals surface area contributed by atoms with Crippen LogP contribution in [0.5, 0.6) is 0 Å². The first-order valence-corrected chi connectivity index (χ1v) is 19.7. The van der Waals surface area contributed by atoms with Crippen LogP contribution in [0.4, 0.5) is 5.69 Å². The summed E-state index contributed by atoms with van der Waals surface area (Å²) in [5.74, 6) is 0.0230. The molecule has 1 aliphatic rings. The maximum absolute atomic E-state index is 14.6. The van der Waals surface area contributed by atoms with Gasteiger partial charge in [0.1, 0.15) is 0 Å². The van der Waals surface area contributed by atoms with Gasteiger partial charge < -0.3 is 20.2 Å². The van der Waals surface area contributed by atoms with E-state index in [1.165, 1.54) is 5.39 Å². The lowest BCUT2D eigenvalue weighted by Crippen LogP contribution is -2.46. The van der Waals surface area contributed by atoms with Crippen LogP contribution >= 0.6 is 11.8 Å². The number of fused-ring (bicyclic) bond motifs is 2. The van der Waals surface area contributed by atoms with E-state index in [4.69, 9.17) is 5.10 Å². The largest absolute Gasteiger partial charge is 0.394 e. The van der Waals surface area contributed by atoms with Gasteiger partial charge in [-0.25, -0.2) is 4.68 Å². The Morgan fingerprint density at radius 3 is 2.34 bits per heavy atom. The standard InChI is InChI=1S/C43H49N5O4S/c1-4-6-21-46(22-7-5-2)43(52)39-24-30(3)48(45-39)40-19-17-35(44-41(50)20-23-53-37-18-16-31-12-8-9-14-33(31)26-37)27-38(40)42(51)47-28-34-15-11-10-13-32(34)25-36(47)29-49/h8-19,24,26-27,36,49H,4-7,20-23,25,28-29H2,1-3H3,(H,44,50). The lowest BCUT2D eigenvalue weighted by atomic mass is 9.93. The molecular weight excluding hydrogens is 683 g/mol. The summed E-state index contributed by atoms with van der Waals surface area (Å²) in [5, 5.41) is 20.5. The number of aryl methyl sites for hydroxylation is 1. The van der Waals surface area contributed by atoms with Gasteiger partial charge in [0.2, 0.25) is 5.91 Å². The normalized spacial score (nSPS) is 13.9. The smallest absolute Gasteiger partial charge is 0.274 e. The summed E-state index contributed by atoms with van der Waals surface area (Å²) >= 11 is 1.63. The van der Waals surface area contributed by atoms with Crippen molar-refractivity contribution in [2.24, 2.45) is 0 Å². The summed E-state index contributed by atoms with van der Waals surface area (Å²) in [7, 11) is 0. The van der Waals surface area contributed by atoms with Crippen LogP contribution in [0, 0.1) is 6.92 Å². The highest BCUT2D eigenvalue weighted by Gasteiger charge is 2.32. The zero-order valence-electron chi connectivity index (χ0n) is 30.9. The third kappa shape index (κ3) is 9.00. The monoisotopic (exact) mass is 731 g/mol. The molecule has 10 heteroatoms. The SMILES string of the molecule is CCCCN(CCCC)C(=O)c1cc(C)n(-c2ccc(NC(=O)CCSc3ccc4ccccc4c3)cc2C(=O)N2Cc3ccccc3CC2CO)n1. The third-order valence-corrected chi connectivity index (χ3v) is 10.8. The maximum atomic E-state index is 14.6. The number of rotatable bonds is 15. The van der Waals surface area contributed by atoms with Crippen LogP contribution in [-0.2, 0) is 17.8 Å². The highest BCUT2D eigenvalue weighted by molar-refractivity contribution is 7.99. The predicted octanol–water partition coefficient (Wildman–Crippen LogP) is 8.06. The van der Waals surface area contributed by atoms with Crippen molar-refractivity contribution in [3.63, 3.8) is 0 Å². The second kappa shape index (κ2) is 17.7. The number of thioether (sulfide) groups is 1. The molecule has 2 N–H and O–H groups in total. The molecule has 0 radical (unpaired) electrons. The zero-order valence-corrected chi connectivity index (χ0v) is 31.7. The number of aliphatic hydroxyl groups excluding tert-OH is 1. The number of nitrogens with zero attached hydrogens (tertiary/aromatic N) is 4. The van der Waals surface area contributed by atoms with E-state index in [2.05, 4.69) is 49.5 Å². The molecule has 1 aliphatic heterocycles. The molecule has 0 spiro atoms. The number of benzene rings is 4. The summed E-state index contributed by atoms with van der Waals surface area (Å²) in [6, 6.07) is 29.1. The van der Waals surface area contributed by atoms with Gasteiger partial charge in [-0.2, -0.15) is 5.10 Å². The summed E-state index contributed by atoms with van der Waals surface area (Å²) < 4.78 is 1.65. The molecule has 1 aromatic heterocycles. The Morgan fingerprint density at radius 1 is 0.887 bits per heavy atom. The topological polar surface area (TPSA) is 108 Å². The van der Waals surface area contributed by atoms with E-state index in [1.54, 1.807) is 45.6 Å². The van der Waals surface area contributed by atoms with Crippen molar-refractivity contribution in [1.29, 1.82) is 0 Å². The highest BCUT2D eigenvalue weighted by Crippen LogP contribution is 2.30. The molecular formula is C43H49N5O4S. The van der Waals surface area contributed by atoms with Gasteiger partial charge in [-0.1, -0.05) is 81.3 Å². The molecule has 0 saturated heterocycles. The fourth-order valence-corrected chi connectivity index (χ4v) is 7.75. The van der Waals surface area contributed by atoms with E-state index in [0.717, 1.165) is 47.1 Å². The van der Waals surface area contributed by atoms with Crippen LogP contribution in [0.1, 0.15) is 83.6 Å². The van der Waals surface area contributed by atoms with Crippen LogP contribution < -0.4 is 5.32 Å². The Hall–Kier alpha value is -4.93. The third-order valence-electron chi connectivity index (χ3n) is 9.84. The fraction of sp³-hybridized carbons (Fsp3) is 0.349. The summed E-state index contributed by atoms with van der Waals surface area (Å²) in [5.41, 5.74) is 4.49. The molecule has 1 unspecified atom stereocenters. The average molecular weight is 732 g/mol. The lowest BCUT2D eigenvalue weighted by Gasteiger charge is -2.36. The molecule has 4 aromatic carbocycles. The van der Waals surface area contributed by atoms with Gasteiger partial charge in [0.25, 0.3) is 11.8 Å². The minimum Gasteiger partial charge on any atom is -0.394 e. The van der Waals surface area contributed by atoms with Crippen molar-refractivity contribution < 1.29 is 19.5 Å². The van der Waals surface area contributed by atoms with Gasteiger partial charge in [0.05, 0.1) is 23.9 Å². The summed E-state index contributed by atoms with van der Waals surface area (Å²) in [6.07, 6.45) is 4.61. The van der Waals surface area contributed by atoms with Crippen molar-refractivity contribution in [1.82, 2.24) is 19.6 Å². The Balaban J connectivity index is 1.27. The van der Waals surface area contributed by atoms with Crippen molar-refractivity contribution in [3.05, 3.63) is 119 Å². The number of amides is 3. The van der Waals surface area contributed by atoms with Gasteiger partial charge in [-0.15, -0.1) is 11.8 Å². The molecule has 0 bridgehead atoms. The zero-order chi connectivity index (χ0) is 37.3. The first-order chi connectivity index (χ1) is 25.8. The molecule has 0 saturated carbocycles. The predicted molar refractivity (Wildman–Crippen MR) is 213 cm³/mol. The van der Waals surface area contributed by atoms with Gasteiger partial charge in [0, 0.05) is 48.1 Å².